The van der Waals surface area contributed by atoms with Crippen LogP contribution in [0.4, 0.5) is 10.1 Å². The van der Waals surface area contributed by atoms with Crippen molar-refractivity contribution in [1.82, 2.24) is 0 Å². The van der Waals surface area contributed by atoms with Crippen LogP contribution in [0.15, 0.2) is 24.3 Å². The molecule has 1 aliphatic heterocycles. The Morgan fingerprint density at radius 1 is 1.29 bits per heavy atom. The monoisotopic (exact) mass is 236 g/mol. The Hall–Kier alpha value is -1.09. The van der Waals surface area contributed by atoms with Gasteiger partial charge < -0.3 is 10.6 Å². The van der Waals surface area contributed by atoms with Crippen molar-refractivity contribution in [1.29, 1.82) is 0 Å². The Balaban J connectivity index is 2.12. The van der Waals surface area contributed by atoms with Crippen LogP contribution in [-0.4, -0.2) is 25.3 Å². The fourth-order valence-corrected chi connectivity index (χ4v) is 2.51. The highest BCUT2D eigenvalue weighted by atomic mass is 19.1. The van der Waals surface area contributed by atoms with Crippen molar-refractivity contribution in [2.75, 3.05) is 24.7 Å². The second-order valence-electron chi connectivity index (χ2n) is 5.12. The van der Waals surface area contributed by atoms with Crippen molar-refractivity contribution in [3.8, 4) is 0 Å². The summed E-state index contributed by atoms with van der Waals surface area (Å²) in [6, 6.07) is 8.35. The summed E-state index contributed by atoms with van der Waals surface area (Å²) in [6.45, 7) is 3.54. The molecule has 0 amide bonds. The van der Waals surface area contributed by atoms with E-state index in [2.05, 4.69) is 30.0 Å². The van der Waals surface area contributed by atoms with Crippen LogP contribution in [0.3, 0.4) is 0 Å². The van der Waals surface area contributed by atoms with Crippen LogP contribution in [0.2, 0.25) is 0 Å². The van der Waals surface area contributed by atoms with Gasteiger partial charge in [-0.05, 0) is 37.8 Å². The molecule has 0 radical (unpaired) electrons. The molecular formula is C14H21FN2. The van der Waals surface area contributed by atoms with E-state index < -0.39 is 12.2 Å². The normalized spacial score (nSPS) is 25.7. The van der Waals surface area contributed by atoms with Crippen LogP contribution in [0.25, 0.3) is 0 Å². The molecule has 2 nitrogen and oxygen atoms in total. The number of para-hydroxylation sites is 1. The van der Waals surface area contributed by atoms with Gasteiger partial charge in [0.05, 0.1) is 0 Å². The molecule has 1 atom stereocenters. The van der Waals surface area contributed by atoms with Crippen LogP contribution >= 0.6 is 0 Å². The summed E-state index contributed by atoms with van der Waals surface area (Å²) in [4.78, 5) is 2.33. The lowest BCUT2D eigenvalue weighted by Gasteiger charge is -2.26. The standard InChI is InChI=1S/C14H21FN2/c1-12-5-2-3-6-13(12)17-9-4-7-14(16,11-15)8-10-17/h2-3,5-6H,4,7-11,16H2,1H3. The summed E-state index contributed by atoms with van der Waals surface area (Å²) in [5, 5.41) is 0. The van der Waals surface area contributed by atoms with Gasteiger partial charge in [0.15, 0.2) is 0 Å². The predicted molar refractivity (Wildman–Crippen MR) is 70.1 cm³/mol. The molecule has 1 saturated heterocycles. The molecule has 17 heavy (non-hydrogen) atoms. The maximum Gasteiger partial charge on any atom is 0.107 e. The SMILES string of the molecule is Cc1ccccc1N1CCCC(N)(CF)CC1. The van der Waals surface area contributed by atoms with Crippen molar-refractivity contribution < 1.29 is 4.39 Å². The summed E-state index contributed by atoms with van der Waals surface area (Å²) in [6.07, 6.45) is 2.48. The zero-order valence-corrected chi connectivity index (χ0v) is 10.5. The average molecular weight is 236 g/mol. The highest BCUT2D eigenvalue weighted by Crippen LogP contribution is 2.26. The number of nitrogens with two attached hydrogens (primary N) is 1. The molecule has 2 rings (SSSR count). The largest absolute Gasteiger partial charge is 0.371 e. The summed E-state index contributed by atoms with van der Waals surface area (Å²) < 4.78 is 12.9. The molecular weight excluding hydrogens is 215 g/mol. The molecule has 1 aliphatic rings. The molecule has 0 spiro atoms. The summed E-state index contributed by atoms with van der Waals surface area (Å²) in [5.74, 6) is 0. The molecule has 0 aliphatic carbocycles. The van der Waals surface area contributed by atoms with Crippen molar-refractivity contribution in [3.63, 3.8) is 0 Å². The maximum atomic E-state index is 12.9. The molecule has 1 heterocycles. The van der Waals surface area contributed by atoms with Crippen LogP contribution in [0.1, 0.15) is 24.8 Å². The highest BCUT2D eigenvalue weighted by Gasteiger charge is 2.28. The van der Waals surface area contributed by atoms with Crippen molar-refractivity contribution >= 4 is 5.69 Å². The number of rotatable bonds is 2. The summed E-state index contributed by atoms with van der Waals surface area (Å²) in [7, 11) is 0. The Labute approximate surface area is 103 Å². The first-order valence-electron chi connectivity index (χ1n) is 6.30. The molecule has 1 fully saturated rings. The number of anilines is 1. The van der Waals surface area contributed by atoms with E-state index in [4.69, 9.17) is 5.73 Å². The average Bonchev–Trinajstić information content (AvgIpc) is 2.53. The van der Waals surface area contributed by atoms with Crippen molar-refractivity contribution in [2.45, 2.75) is 31.7 Å². The Kier molecular flexibility index (Phi) is 3.67. The Morgan fingerprint density at radius 3 is 2.76 bits per heavy atom. The molecule has 1 aromatic carbocycles. The van der Waals surface area contributed by atoms with Crippen molar-refractivity contribution in [3.05, 3.63) is 29.8 Å². The minimum atomic E-state index is -0.600. The lowest BCUT2D eigenvalue weighted by Crippen LogP contribution is -2.43. The van der Waals surface area contributed by atoms with Crippen LogP contribution in [0.5, 0.6) is 0 Å². The van der Waals surface area contributed by atoms with Gasteiger partial charge in [0.2, 0.25) is 0 Å². The highest BCUT2D eigenvalue weighted by molar-refractivity contribution is 5.53. The van der Waals surface area contributed by atoms with Crippen LogP contribution in [-0.2, 0) is 0 Å². The predicted octanol–water partition coefficient (Wildman–Crippen LogP) is 2.65. The quantitative estimate of drug-likeness (QED) is 0.855. The fourth-order valence-electron chi connectivity index (χ4n) is 2.51. The van der Waals surface area contributed by atoms with Gasteiger partial charge >= 0.3 is 0 Å². The Morgan fingerprint density at radius 2 is 2.06 bits per heavy atom. The van der Waals surface area contributed by atoms with E-state index in [1.807, 2.05) is 6.07 Å². The summed E-state index contributed by atoms with van der Waals surface area (Å²) in [5.41, 5.74) is 7.97. The second-order valence-corrected chi connectivity index (χ2v) is 5.12. The molecule has 0 aromatic heterocycles. The van der Waals surface area contributed by atoms with Gasteiger partial charge in [-0.15, -0.1) is 0 Å². The molecule has 3 heteroatoms. The molecule has 1 unspecified atom stereocenters. The number of alkyl halides is 1. The number of halogens is 1. The van der Waals surface area contributed by atoms with Gasteiger partial charge in [-0.2, -0.15) is 0 Å². The van der Waals surface area contributed by atoms with Gasteiger partial charge in [0, 0.05) is 24.3 Å². The molecule has 0 bridgehead atoms. The van der Waals surface area contributed by atoms with Gasteiger partial charge in [-0.1, -0.05) is 18.2 Å². The third kappa shape index (κ3) is 2.78. The number of aryl methyl sites for hydroxylation is 1. The van der Waals surface area contributed by atoms with E-state index in [0.717, 1.165) is 32.4 Å². The van der Waals surface area contributed by atoms with E-state index in [1.165, 1.54) is 11.3 Å². The minimum absolute atomic E-state index is 0.408. The molecule has 1 aromatic rings. The van der Waals surface area contributed by atoms with Crippen LogP contribution in [0, 0.1) is 6.92 Å². The lowest BCUT2D eigenvalue weighted by atomic mass is 9.94. The smallest absolute Gasteiger partial charge is 0.107 e. The second kappa shape index (κ2) is 5.05. The third-order valence-electron chi connectivity index (χ3n) is 3.70. The third-order valence-corrected chi connectivity index (χ3v) is 3.70. The van der Waals surface area contributed by atoms with Gasteiger partial charge in [0.1, 0.15) is 6.67 Å². The van der Waals surface area contributed by atoms with Crippen molar-refractivity contribution in [2.24, 2.45) is 5.73 Å². The van der Waals surface area contributed by atoms with E-state index in [0.29, 0.717) is 0 Å². The van der Waals surface area contributed by atoms with E-state index in [9.17, 15) is 4.39 Å². The summed E-state index contributed by atoms with van der Waals surface area (Å²) >= 11 is 0. The fraction of sp³-hybridized carbons (Fsp3) is 0.571. The van der Waals surface area contributed by atoms with Gasteiger partial charge in [-0.25, -0.2) is 4.39 Å². The van der Waals surface area contributed by atoms with E-state index in [1.54, 1.807) is 0 Å². The lowest BCUT2D eigenvalue weighted by molar-refractivity contribution is 0.282. The zero-order valence-electron chi connectivity index (χ0n) is 10.5. The van der Waals surface area contributed by atoms with Crippen LogP contribution < -0.4 is 10.6 Å². The topological polar surface area (TPSA) is 29.3 Å². The van der Waals surface area contributed by atoms with Gasteiger partial charge in [-0.3, -0.25) is 0 Å². The first-order chi connectivity index (χ1) is 8.14. The minimum Gasteiger partial charge on any atom is -0.371 e. The molecule has 2 N–H and O–H groups in total. The first kappa shape index (κ1) is 12.4. The van der Waals surface area contributed by atoms with E-state index in [-0.39, 0.29) is 0 Å². The number of nitrogens with zero attached hydrogens (tertiary/aromatic N) is 1. The van der Waals surface area contributed by atoms with E-state index >= 15 is 0 Å². The number of benzene rings is 1. The Bertz CT molecular complexity index is 380. The molecule has 0 saturated carbocycles. The first-order valence-corrected chi connectivity index (χ1v) is 6.30. The van der Waals surface area contributed by atoms with Gasteiger partial charge in [0.25, 0.3) is 0 Å². The maximum absolute atomic E-state index is 12.9. The molecule has 94 valence electrons. The zero-order chi connectivity index (χ0) is 12.3. The number of hydrogen-bond acceptors (Lipinski definition) is 2. The number of hydrogen-bond donors (Lipinski definition) is 1.